The summed E-state index contributed by atoms with van der Waals surface area (Å²) in [6, 6.07) is 13.3. The maximum Gasteiger partial charge on any atom is 0.262 e. The molecule has 0 aromatic heterocycles. The molecule has 3 nitrogen and oxygen atoms in total. The van der Waals surface area contributed by atoms with Gasteiger partial charge in [-0.2, -0.15) is 0 Å². The van der Waals surface area contributed by atoms with Crippen LogP contribution in [0.5, 0.6) is 0 Å². The lowest BCUT2D eigenvalue weighted by Crippen LogP contribution is -2.29. The Labute approximate surface area is 117 Å². The van der Waals surface area contributed by atoms with Crippen LogP contribution < -0.4 is 0 Å². The minimum Gasteiger partial charge on any atom is -0.270 e. The maximum absolute atomic E-state index is 12.4. The molecule has 0 saturated heterocycles. The molecule has 0 spiro atoms. The Kier molecular flexibility index (Phi) is 2.90. The van der Waals surface area contributed by atoms with Crippen LogP contribution in [0.4, 0.5) is 0 Å². The first-order valence-electron chi connectivity index (χ1n) is 6.59. The van der Waals surface area contributed by atoms with Gasteiger partial charge in [0.2, 0.25) is 0 Å². The van der Waals surface area contributed by atoms with Crippen LogP contribution in [0, 0.1) is 13.8 Å². The first-order chi connectivity index (χ1) is 9.58. The van der Waals surface area contributed by atoms with Gasteiger partial charge in [-0.25, -0.2) is 0 Å². The highest BCUT2D eigenvalue weighted by atomic mass is 16.2. The van der Waals surface area contributed by atoms with Crippen molar-refractivity contribution in [3.05, 3.63) is 70.3 Å². The van der Waals surface area contributed by atoms with Gasteiger partial charge in [0.05, 0.1) is 17.7 Å². The highest BCUT2D eigenvalue weighted by molar-refractivity contribution is 6.21. The molecule has 3 rings (SSSR count). The molecule has 0 unspecified atom stereocenters. The Hall–Kier alpha value is -2.42. The number of fused-ring (bicyclic) bond motifs is 1. The summed E-state index contributed by atoms with van der Waals surface area (Å²) in [4.78, 5) is 26.1. The molecule has 0 radical (unpaired) electrons. The zero-order valence-corrected chi connectivity index (χ0v) is 11.5. The first kappa shape index (κ1) is 12.6. The van der Waals surface area contributed by atoms with Crippen molar-refractivity contribution in [3.8, 4) is 0 Å². The van der Waals surface area contributed by atoms with Gasteiger partial charge in [0, 0.05) is 0 Å². The normalized spacial score (nSPS) is 13.8. The summed E-state index contributed by atoms with van der Waals surface area (Å²) in [6.07, 6.45) is 0. The largest absolute Gasteiger partial charge is 0.270 e. The molecule has 0 aliphatic carbocycles. The van der Waals surface area contributed by atoms with Gasteiger partial charge in [-0.05, 0) is 31.0 Å². The van der Waals surface area contributed by atoms with Crippen molar-refractivity contribution in [2.24, 2.45) is 0 Å². The van der Waals surface area contributed by atoms with Crippen molar-refractivity contribution < 1.29 is 9.59 Å². The molecular weight excluding hydrogens is 250 g/mol. The average molecular weight is 265 g/mol. The van der Waals surface area contributed by atoms with E-state index in [1.807, 2.05) is 50.2 Å². The van der Waals surface area contributed by atoms with Crippen LogP contribution in [0.25, 0.3) is 0 Å². The summed E-state index contributed by atoms with van der Waals surface area (Å²) in [5.41, 5.74) is 4.01. The van der Waals surface area contributed by atoms with Crippen molar-refractivity contribution in [3.63, 3.8) is 0 Å². The van der Waals surface area contributed by atoms with E-state index in [-0.39, 0.29) is 11.8 Å². The van der Waals surface area contributed by atoms with E-state index in [2.05, 4.69) is 0 Å². The Morgan fingerprint density at radius 2 is 1.70 bits per heavy atom. The van der Waals surface area contributed by atoms with E-state index in [9.17, 15) is 9.59 Å². The number of amides is 2. The van der Waals surface area contributed by atoms with Crippen LogP contribution in [-0.4, -0.2) is 16.7 Å². The molecule has 0 saturated carbocycles. The van der Waals surface area contributed by atoms with Crippen LogP contribution in [0.1, 0.15) is 37.4 Å². The molecule has 2 aromatic rings. The first-order valence-corrected chi connectivity index (χ1v) is 6.59. The van der Waals surface area contributed by atoms with E-state index in [0.717, 1.165) is 16.7 Å². The lowest BCUT2D eigenvalue weighted by molar-refractivity contribution is 0.0642. The van der Waals surface area contributed by atoms with E-state index < -0.39 is 0 Å². The minimum absolute atomic E-state index is 0.190. The van der Waals surface area contributed by atoms with Gasteiger partial charge < -0.3 is 0 Å². The second kappa shape index (κ2) is 4.60. The monoisotopic (exact) mass is 265 g/mol. The zero-order valence-electron chi connectivity index (χ0n) is 11.5. The molecule has 20 heavy (non-hydrogen) atoms. The number of carbonyl (C=O) groups is 2. The fraction of sp³-hybridized carbons (Fsp3) is 0.176. The molecule has 2 amide bonds. The van der Waals surface area contributed by atoms with Crippen molar-refractivity contribution in [2.45, 2.75) is 20.4 Å². The van der Waals surface area contributed by atoms with E-state index in [1.54, 1.807) is 6.07 Å². The third-order valence-electron chi connectivity index (χ3n) is 3.63. The average Bonchev–Trinajstić information content (AvgIpc) is 2.65. The van der Waals surface area contributed by atoms with Crippen LogP contribution in [-0.2, 0) is 6.54 Å². The van der Waals surface area contributed by atoms with Gasteiger partial charge in [0.15, 0.2) is 0 Å². The molecule has 0 bridgehead atoms. The minimum atomic E-state index is -0.199. The predicted octanol–water partition coefficient (Wildman–Crippen LogP) is 3.10. The summed E-state index contributed by atoms with van der Waals surface area (Å²) in [6.45, 7) is 4.18. The summed E-state index contributed by atoms with van der Waals surface area (Å²) in [5.74, 6) is -0.389. The standard InChI is InChI=1S/C17H15NO2/c1-11-5-3-7-13(9-11)10-18-16(19)14-8-4-6-12(2)15(14)17(18)20/h3-9H,10H2,1-2H3. The second-order valence-corrected chi connectivity index (χ2v) is 5.18. The zero-order chi connectivity index (χ0) is 14.3. The topological polar surface area (TPSA) is 37.4 Å². The van der Waals surface area contributed by atoms with Crippen molar-refractivity contribution in [2.75, 3.05) is 0 Å². The lowest BCUT2D eigenvalue weighted by atomic mass is 10.0. The van der Waals surface area contributed by atoms with E-state index in [1.165, 1.54) is 4.90 Å². The van der Waals surface area contributed by atoms with Crippen LogP contribution >= 0.6 is 0 Å². The summed E-state index contributed by atoms with van der Waals surface area (Å²) >= 11 is 0. The number of hydrogen-bond donors (Lipinski definition) is 0. The predicted molar refractivity (Wildman–Crippen MR) is 76.6 cm³/mol. The third kappa shape index (κ3) is 1.92. The molecule has 1 aliphatic rings. The highest BCUT2D eigenvalue weighted by Crippen LogP contribution is 2.27. The second-order valence-electron chi connectivity index (χ2n) is 5.18. The Morgan fingerprint density at radius 1 is 0.950 bits per heavy atom. The van der Waals surface area contributed by atoms with Crippen molar-refractivity contribution in [1.82, 2.24) is 4.90 Å². The van der Waals surface area contributed by atoms with Gasteiger partial charge in [-0.3, -0.25) is 14.5 Å². The van der Waals surface area contributed by atoms with E-state index in [0.29, 0.717) is 17.7 Å². The highest BCUT2D eigenvalue weighted by Gasteiger charge is 2.36. The van der Waals surface area contributed by atoms with E-state index >= 15 is 0 Å². The quantitative estimate of drug-likeness (QED) is 0.782. The van der Waals surface area contributed by atoms with Gasteiger partial charge in [-0.1, -0.05) is 42.0 Å². The number of imide groups is 1. The van der Waals surface area contributed by atoms with E-state index in [4.69, 9.17) is 0 Å². The smallest absolute Gasteiger partial charge is 0.262 e. The van der Waals surface area contributed by atoms with Crippen molar-refractivity contribution >= 4 is 11.8 Å². The van der Waals surface area contributed by atoms with Gasteiger partial charge in [-0.15, -0.1) is 0 Å². The summed E-state index contributed by atoms with van der Waals surface area (Å²) in [7, 11) is 0. The molecule has 2 aromatic carbocycles. The van der Waals surface area contributed by atoms with Crippen LogP contribution in [0.2, 0.25) is 0 Å². The molecule has 0 atom stereocenters. The molecule has 0 N–H and O–H groups in total. The van der Waals surface area contributed by atoms with Crippen LogP contribution in [0.15, 0.2) is 42.5 Å². The molecule has 0 fully saturated rings. The summed E-state index contributed by atoms with van der Waals surface area (Å²) in [5, 5.41) is 0. The molecule has 1 aliphatic heterocycles. The SMILES string of the molecule is Cc1cccc(CN2C(=O)c3cccc(C)c3C2=O)c1. The Balaban J connectivity index is 1.96. The number of aryl methyl sites for hydroxylation is 2. The Bertz CT molecular complexity index is 719. The fourth-order valence-electron chi connectivity index (χ4n) is 2.64. The van der Waals surface area contributed by atoms with Gasteiger partial charge in [0.25, 0.3) is 11.8 Å². The number of rotatable bonds is 2. The summed E-state index contributed by atoms with van der Waals surface area (Å²) < 4.78 is 0. The Morgan fingerprint density at radius 3 is 2.40 bits per heavy atom. The third-order valence-corrected chi connectivity index (χ3v) is 3.63. The number of benzene rings is 2. The fourth-order valence-corrected chi connectivity index (χ4v) is 2.64. The maximum atomic E-state index is 12.4. The lowest BCUT2D eigenvalue weighted by Gasteiger charge is -2.14. The number of hydrogen-bond acceptors (Lipinski definition) is 2. The number of nitrogens with zero attached hydrogens (tertiary/aromatic N) is 1. The van der Waals surface area contributed by atoms with Crippen LogP contribution in [0.3, 0.4) is 0 Å². The molecule has 1 heterocycles. The molecule has 3 heteroatoms. The number of carbonyl (C=O) groups excluding carboxylic acids is 2. The van der Waals surface area contributed by atoms with Crippen molar-refractivity contribution in [1.29, 1.82) is 0 Å². The molecule has 100 valence electrons. The van der Waals surface area contributed by atoms with Gasteiger partial charge in [0.1, 0.15) is 0 Å². The molecular formula is C17H15NO2. The van der Waals surface area contributed by atoms with Gasteiger partial charge >= 0.3 is 0 Å².